The number of rotatable bonds is 7. The molecule has 0 saturated heterocycles. The second-order valence-corrected chi connectivity index (χ2v) is 6.06. The molecular formula is C20H25NO3. The number of ether oxygens (including phenoxy) is 2. The normalized spacial score (nSPS) is 11.7. The van der Waals surface area contributed by atoms with Crippen molar-refractivity contribution < 1.29 is 14.3 Å². The van der Waals surface area contributed by atoms with Gasteiger partial charge in [-0.05, 0) is 56.2 Å². The summed E-state index contributed by atoms with van der Waals surface area (Å²) in [5, 5.41) is 2.98. The van der Waals surface area contributed by atoms with Crippen LogP contribution in [-0.2, 0) is 11.2 Å². The van der Waals surface area contributed by atoms with Crippen molar-refractivity contribution in [2.45, 2.75) is 33.2 Å². The van der Waals surface area contributed by atoms with Gasteiger partial charge in [0, 0.05) is 0 Å². The highest BCUT2D eigenvalue weighted by Gasteiger charge is 2.10. The summed E-state index contributed by atoms with van der Waals surface area (Å²) in [7, 11) is 1.63. The lowest BCUT2D eigenvalue weighted by Crippen LogP contribution is -2.37. The highest BCUT2D eigenvalue weighted by atomic mass is 16.5. The summed E-state index contributed by atoms with van der Waals surface area (Å²) in [4.78, 5) is 12.2. The Morgan fingerprint density at radius 1 is 1.08 bits per heavy atom. The predicted octanol–water partition coefficient (Wildman–Crippen LogP) is 3.44. The van der Waals surface area contributed by atoms with Gasteiger partial charge in [0.1, 0.15) is 18.1 Å². The molecular weight excluding hydrogens is 302 g/mol. The summed E-state index contributed by atoms with van der Waals surface area (Å²) in [6.07, 6.45) is 0.389. The Balaban J connectivity index is 1.81. The van der Waals surface area contributed by atoms with E-state index < -0.39 is 0 Å². The van der Waals surface area contributed by atoms with Gasteiger partial charge in [-0.25, -0.2) is 0 Å². The second kappa shape index (κ2) is 8.39. The Morgan fingerprint density at radius 2 is 1.75 bits per heavy atom. The molecule has 0 aliphatic rings. The van der Waals surface area contributed by atoms with Crippen molar-refractivity contribution in [3.63, 3.8) is 0 Å². The molecule has 0 bridgehead atoms. The average Bonchev–Trinajstić information content (AvgIpc) is 2.56. The molecule has 0 heterocycles. The van der Waals surface area contributed by atoms with Crippen LogP contribution in [0, 0.1) is 13.8 Å². The number of methoxy groups -OCH3 is 1. The van der Waals surface area contributed by atoms with Crippen LogP contribution in [0.3, 0.4) is 0 Å². The average molecular weight is 327 g/mol. The molecule has 1 N–H and O–H groups in total. The third kappa shape index (κ3) is 5.30. The molecule has 4 nitrogen and oxygen atoms in total. The van der Waals surface area contributed by atoms with Gasteiger partial charge in [-0.3, -0.25) is 4.79 Å². The zero-order valence-electron chi connectivity index (χ0n) is 14.8. The van der Waals surface area contributed by atoms with Gasteiger partial charge >= 0.3 is 0 Å². The predicted molar refractivity (Wildman–Crippen MR) is 95.7 cm³/mol. The molecule has 2 rings (SSSR count). The third-order valence-electron chi connectivity index (χ3n) is 3.82. The topological polar surface area (TPSA) is 47.6 Å². The number of carbonyl (C=O) groups is 1. The standard InChI is InChI=1S/C20H25NO3/c1-14-5-6-15(2)17(11-14)12-20(22)21-16(3)13-24-19-9-7-18(23-4)8-10-19/h5-11,16H,12-13H2,1-4H3,(H,21,22)/t16-/m0/s1. The van der Waals surface area contributed by atoms with Crippen LogP contribution < -0.4 is 14.8 Å². The maximum absolute atomic E-state index is 12.2. The lowest BCUT2D eigenvalue weighted by atomic mass is 10.0. The minimum Gasteiger partial charge on any atom is -0.497 e. The van der Waals surface area contributed by atoms with E-state index in [0.29, 0.717) is 13.0 Å². The highest BCUT2D eigenvalue weighted by molar-refractivity contribution is 5.79. The van der Waals surface area contributed by atoms with Gasteiger partial charge in [0.2, 0.25) is 5.91 Å². The van der Waals surface area contributed by atoms with Crippen LogP contribution in [0.4, 0.5) is 0 Å². The fourth-order valence-corrected chi connectivity index (χ4v) is 2.42. The summed E-state index contributed by atoms with van der Waals surface area (Å²) in [5.41, 5.74) is 3.37. The summed E-state index contributed by atoms with van der Waals surface area (Å²) in [6.45, 7) is 6.42. The van der Waals surface area contributed by atoms with Gasteiger partial charge in [-0.1, -0.05) is 23.8 Å². The number of amides is 1. The molecule has 2 aromatic carbocycles. The van der Waals surface area contributed by atoms with Gasteiger partial charge in [0.25, 0.3) is 0 Å². The van der Waals surface area contributed by atoms with Crippen molar-refractivity contribution in [2.24, 2.45) is 0 Å². The molecule has 0 radical (unpaired) electrons. The Morgan fingerprint density at radius 3 is 2.42 bits per heavy atom. The molecule has 0 fully saturated rings. The first kappa shape index (κ1) is 17.9. The molecule has 2 aromatic rings. The molecule has 0 aromatic heterocycles. The number of hydrogen-bond donors (Lipinski definition) is 1. The Labute approximate surface area is 143 Å². The van der Waals surface area contributed by atoms with Crippen LogP contribution in [0.2, 0.25) is 0 Å². The van der Waals surface area contributed by atoms with Gasteiger partial charge in [0.05, 0.1) is 19.6 Å². The molecule has 1 atom stereocenters. The molecule has 0 aliphatic carbocycles. The van der Waals surface area contributed by atoms with Crippen LogP contribution in [0.25, 0.3) is 0 Å². The summed E-state index contributed by atoms with van der Waals surface area (Å²) < 4.78 is 10.8. The van der Waals surface area contributed by atoms with Crippen LogP contribution in [0.1, 0.15) is 23.6 Å². The minimum absolute atomic E-state index is 0.00882. The van der Waals surface area contributed by atoms with Gasteiger partial charge in [-0.15, -0.1) is 0 Å². The van der Waals surface area contributed by atoms with Gasteiger partial charge in [0.15, 0.2) is 0 Å². The zero-order valence-corrected chi connectivity index (χ0v) is 14.8. The first-order chi connectivity index (χ1) is 11.5. The molecule has 24 heavy (non-hydrogen) atoms. The van der Waals surface area contributed by atoms with E-state index in [1.807, 2.05) is 51.1 Å². The van der Waals surface area contributed by atoms with Crippen molar-refractivity contribution in [1.29, 1.82) is 0 Å². The van der Waals surface area contributed by atoms with Crippen LogP contribution in [0.5, 0.6) is 11.5 Å². The first-order valence-electron chi connectivity index (χ1n) is 8.10. The van der Waals surface area contributed by atoms with Crippen LogP contribution >= 0.6 is 0 Å². The highest BCUT2D eigenvalue weighted by Crippen LogP contribution is 2.17. The number of hydrogen-bond acceptors (Lipinski definition) is 3. The number of aryl methyl sites for hydroxylation is 2. The van der Waals surface area contributed by atoms with E-state index in [0.717, 1.165) is 22.6 Å². The van der Waals surface area contributed by atoms with Crippen LogP contribution in [0.15, 0.2) is 42.5 Å². The molecule has 0 saturated carbocycles. The van der Waals surface area contributed by atoms with E-state index >= 15 is 0 Å². The minimum atomic E-state index is -0.0651. The van der Waals surface area contributed by atoms with E-state index in [1.165, 1.54) is 5.56 Å². The van der Waals surface area contributed by atoms with E-state index in [2.05, 4.69) is 17.4 Å². The molecule has 4 heteroatoms. The van der Waals surface area contributed by atoms with Crippen molar-refractivity contribution in [3.8, 4) is 11.5 Å². The number of benzene rings is 2. The largest absolute Gasteiger partial charge is 0.497 e. The lowest BCUT2D eigenvalue weighted by Gasteiger charge is -2.16. The van der Waals surface area contributed by atoms with Crippen molar-refractivity contribution in [2.75, 3.05) is 13.7 Å². The van der Waals surface area contributed by atoms with E-state index in [-0.39, 0.29) is 11.9 Å². The molecule has 0 aliphatic heterocycles. The van der Waals surface area contributed by atoms with E-state index in [9.17, 15) is 4.79 Å². The summed E-state index contributed by atoms with van der Waals surface area (Å²) >= 11 is 0. The lowest BCUT2D eigenvalue weighted by molar-refractivity contribution is -0.121. The monoisotopic (exact) mass is 327 g/mol. The Bertz CT molecular complexity index is 680. The number of nitrogens with one attached hydrogen (secondary N) is 1. The van der Waals surface area contributed by atoms with E-state index in [1.54, 1.807) is 7.11 Å². The van der Waals surface area contributed by atoms with E-state index in [4.69, 9.17) is 9.47 Å². The smallest absolute Gasteiger partial charge is 0.224 e. The Kier molecular flexibility index (Phi) is 6.24. The van der Waals surface area contributed by atoms with Gasteiger partial charge < -0.3 is 14.8 Å². The van der Waals surface area contributed by atoms with Gasteiger partial charge in [-0.2, -0.15) is 0 Å². The fourth-order valence-electron chi connectivity index (χ4n) is 2.42. The maximum Gasteiger partial charge on any atom is 0.224 e. The van der Waals surface area contributed by atoms with Crippen molar-refractivity contribution in [3.05, 3.63) is 59.2 Å². The zero-order chi connectivity index (χ0) is 17.5. The molecule has 128 valence electrons. The molecule has 1 amide bonds. The van der Waals surface area contributed by atoms with Crippen molar-refractivity contribution in [1.82, 2.24) is 5.32 Å². The quantitative estimate of drug-likeness (QED) is 0.847. The van der Waals surface area contributed by atoms with Crippen molar-refractivity contribution >= 4 is 5.91 Å². The number of carbonyl (C=O) groups excluding carboxylic acids is 1. The molecule has 0 unspecified atom stereocenters. The fraction of sp³-hybridized carbons (Fsp3) is 0.350. The third-order valence-corrected chi connectivity index (χ3v) is 3.82. The summed E-state index contributed by atoms with van der Waals surface area (Å²) in [5.74, 6) is 1.55. The van der Waals surface area contributed by atoms with Crippen LogP contribution in [-0.4, -0.2) is 25.7 Å². The summed E-state index contributed by atoms with van der Waals surface area (Å²) in [6, 6.07) is 13.5. The molecule has 0 spiro atoms. The Hall–Kier alpha value is -2.49. The SMILES string of the molecule is COc1ccc(OC[C@H](C)NC(=O)Cc2cc(C)ccc2C)cc1. The second-order valence-electron chi connectivity index (χ2n) is 6.06. The maximum atomic E-state index is 12.2. The first-order valence-corrected chi connectivity index (χ1v) is 8.10.